The topological polar surface area (TPSA) is 88.5 Å². The van der Waals surface area contributed by atoms with Crippen molar-refractivity contribution in [3.05, 3.63) is 59.5 Å². The van der Waals surface area contributed by atoms with Crippen LogP contribution in [0.15, 0.2) is 42.7 Å². The molecular weight excluding hydrogens is 292 g/mol. The van der Waals surface area contributed by atoms with E-state index in [-0.39, 0.29) is 5.91 Å². The Hall–Kier alpha value is -2.96. The lowest BCUT2D eigenvalue weighted by molar-refractivity contribution is 0.102. The van der Waals surface area contributed by atoms with Gasteiger partial charge in [-0.1, -0.05) is 30.7 Å². The number of aromatic nitrogens is 5. The molecule has 2 N–H and O–H groups in total. The van der Waals surface area contributed by atoms with E-state index in [1.165, 1.54) is 0 Å². The van der Waals surface area contributed by atoms with Gasteiger partial charge in [0, 0.05) is 23.5 Å². The van der Waals surface area contributed by atoms with Crippen molar-refractivity contribution < 1.29 is 4.79 Å². The van der Waals surface area contributed by atoms with Crippen molar-refractivity contribution in [1.82, 2.24) is 25.2 Å². The summed E-state index contributed by atoms with van der Waals surface area (Å²) in [5.41, 5.74) is 2.66. The summed E-state index contributed by atoms with van der Waals surface area (Å²) in [7, 11) is 0. The molecule has 2 heterocycles. The summed E-state index contributed by atoms with van der Waals surface area (Å²) in [6, 6.07) is 9.26. The summed E-state index contributed by atoms with van der Waals surface area (Å²) in [6.45, 7) is 2.72. The van der Waals surface area contributed by atoms with E-state index in [4.69, 9.17) is 0 Å². The number of H-pyrrole nitrogens is 1. The molecule has 2 aromatic heterocycles. The maximum atomic E-state index is 12.2. The molecule has 118 valence electrons. The molecule has 0 aliphatic carbocycles. The van der Waals surface area contributed by atoms with Crippen LogP contribution in [0.2, 0.25) is 0 Å². The van der Waals surface area contributed by atoms with Crippen LogP contribution in [0, 0.1) is 0 Å². The summed E-state index contributed by atoms with van der Waals surface area (Å²) in [6.07, 6.45) is 5.38. The van der Waals surface area contributed by atoms with Crippen molar-refractivity contribution in [1.29, 1.82) is 0 Å². The number of nitrogens with one attached hydrogen (secondary N) is 2. The SMILES string of the molecule is CCCc1cc(NC(=O)c2ccc(Cn3ccnn3)cc2)n[nH]1. The highest BCUT2D eigenvalue weighted by Gasteiger charge is 2.08. The fourth-order valence-electron chi connectivity index (χ4n) is 2.28. The Bertz CT molecular complexity index is 760. The van der Waals surface area contributed by atoms with E-state index in [0.717, 1.165) is 24.1 Å². The average molecular weight is 310 g/mol. The smallest absolute Gasteiger partial charge is 0.256 e. The highest BCUT2D eigenvalue weighted by Crippen LogP contribution is 2.11. The molecule has 0 unspecified atom stereocenters. The van der Waals surface area contributed by atoms with Crippen molar-refractivity contribution in [2.75, 3.05) is 5.32 Å². The van der Waals surface area contributed by atoms with Gasteiger partial charge in [-0.25, -0.2) is 4.68 Å². The van der Waals surface area contributed by atoms with Crippen LogP contribution in [-0.4, -0.2) is 31.1 Å². The van der Waals surface area contributed by atoms with Crippen LogP contribution >= 0.6 is 0 Å². The van der Waals surface area contributed by atoms with Crippen molar-refractivity contribution >= 4 is 11.7 Å². The summed E-state index contributed by atoms with van der Waals surface area (Å²) in [4.78, 5) is 12.2. The second-order valence-electron chi connectivity index (χ2n) is 5.28. The van der Waals surface area contributed by atoms with E-state index >= 15 is 0 Å². The van der Waals surface area contributed by atoms with Gasteiger partial charge in [0.25, 0.3) is 5.91 Å². The quantitative estimate of drug-likeness (QED) is 0.731. The minimum absolute atomic E-state index is 0.174. The second-order valence-corrected chi connectivity index (χ2v) is 5.28. The molecule has 7 nitrogen and oxygen atoms in total. The predicted octanol–water partition coefficient (Wildman–Crippen LogP) is 2.25. The van der Waals surface area contributed by atoms with Crippen molar-refractivity contribution in [2.24, 2.45) is 0 Å². The van der Waals surface area contributed by atoms with Crippen LogP contribution in [0.4, 0.5) is 5.82 Å². The van der Waals surface area contributed by atoms with E-state index in [9.17, 15) is 4.79 Å². The van der Waals surface area contributed by atoms with E-state index in [0.29, 0.717) is 17.9 Å². The number of rotatable bonds is 6. The number of carbonyl (C=O) groups excluding carboxylic acids is 1. The molecule has 0 saturated heterocycles. The zero-order valence-electron chi connectivity index (χ0n) is 12.9. The Morgan fingerprint density at radius 1 is 1.30 bits per heavy atom. The number of nitrogens with zero attached hydrogens (tertiary/aromatic N) is 4. The molecule has 0 aliphatic rings. The number of amides is 1. The van der Waals surface area contributed by atoms with Gasteiger partial charge in [-0.05, 0) is 24.1 Å². The zero-order valence-corrected chi connectivity index (χ0v) is 12.9. The number of hydrogen-bond donors (Lipinski definition) is 2. The van der Waals surface area contributed by atoms with Crippen molar-refractivity contribution in [3.8, 4) is 0 Å². The Morgan fingerprint density at radius 3 is 2.83 bits per heavy atom. The normalized spacial score (nSPS) is 10.7. The van der Waals surface area contributed by atoms with Gasteiger partial charge in [0.1, 0.15) is 0 Å². The van der Waals surface area contributed by atoms with Gasteiger partial charge < -0.3 is 5.32 Å². The first-order valence-electron chi connectivity index (χ1n) is 7.53. The first kappa shape index (κ1) is 15.0. The molecule has 0 bridgehead atoms. The number of aryl methyl sites for hydroxylation is 1. The first-order valence-corrected chi connectivity index (χ1v) is 7.53. The molecule has 1 amide bonds. The molecule has 23 heavy (non-hydrogen) atoms. The van der Waals surface area contributed by atoms with Crippen LogP contribution in [0.3, 0.4) is 0 Å². The molecule has 0 atom stereocenters. The maximum Gasteiger partial charge on any atom is 0.256 e. The highest BCUT2D eigenvalue weighted by atomic mass is 16.1. The lowest BCUT2D eigenvalue weighted by Crippen LogP contribution is -2.12. The molecule has 0 radical (unpaired) electrons. The van der Waals surface area contributed by atoms with Crippen LogP contribution in [-0.2, 0) is 13.0 Å². The third kappa shape index (κ3) is 3.82. The van der Waals surface area contributed by atoms with Crippen molar-refractivity contribution in [3.63, 3.8) is 0 Å². The largest absolute Gasteiger partial charge is 0.305 e. The van der Waals surface area contributed by atoms with Crippen LogP contribution in [0.1, 0.15) is 35.0 Å². The minimum atomic E-state index is -0.174. The van der Waals surface area contributed by atoms with Gasteiger partial charge in [0.15, 0.2) is 5.82 Å². The van der Waals surface area contributed by atoms with Crippen LogP contribution in [0.25, 0.3) is 0 Å². The summed E-state index contributed by atoms with van der Waals surface area (Å²) in [5, 5.41) is 17.5. The molecule has 7 heteroatoms. The van der Waals surface area contributed by atoms with E-state index < -0.39 is 0 Å². The molecule has 1 aromatic carbocycles. The fourth-order valence-corrected chi connectivity index (χ4v) is 2.28. The van der Waals surface area contributed by atoms with Gasteiger partial charge in [0.2, 0.25) is 0 Å². The fraction of sp³-hybridized carbons (Fsp3) is 0.250. The minimum Gasteiger partial charge on any atom is -0.305 e. The van der Waals surface area contributed by atoms with Crippen LogP contribution < -0.4 is 5.32 Å². The Labute approximate surface area is 133 Å². The van der Waals surface area contributed by atoms with E-state index in [1.807, 2.05) is 18.2 Å². The predicted molar refractivity (Wildman–Crippen MR) is 86.1 cm³/mol. The van der Waals surface area contributed by atoms with Gasteiger partial charge in [-0.15, -0.1) is 5.10 Å². The molecule has 0 spiro atoms. The molecule has 3 rings (SSSR count). The first-order chi connectivity index (χ1) is 11.2. The standard InChI is InChI=1S/C16H18N6O/c1-2-3-14-10-15(20-19-14)18-16(23)13-6-4-12(5-7-13)11-22-9-8-17-21-22/h4-10H,2-3,11H2,1H3,(H2,18,19,20,23). The molecular formula is C16H18N6O. The molecule has 0 aliphatic heterocycles. The van der Waals surface area contributed by atoms with Gasteiger partial charge in [-0.2, -0.15) is 5.10 Å². The number of carbonyl (C=O) groups is 1. The number of anilines is 1. The lowest BCUT2D eigenvalue weighted by atomic mass is 10.1. The highest BCUT2D eigenvalue weighted by molar-refractivity contribution is 6.03. The summed E-state index contributed by atoms with van der Waals surface area (Å²) < 4.78 is 1.73. The Morgan fingerprint density at radius 2 is 2.13 bits per heavy atom. The van der Waals surface area contributed by atoms with Gasteiger partial charge in [0.05, 0.1) is 12.7 Å². The summed E-state index contributed by atoms with van der Waals surface area (Å²) >= 11 is 0. The zero-order chi connectivity index (χ0) is 16.1. The number of aromatic amines is 1. The third-order valence-corrected chi connectivity index (χ3v) is 3.42. The molecule has 0 saturated carbocycles. The van der Waals surface area contributed by atoms with E-state index in [2.05, 4.69) is 32.7 Å². The number of hydrogen-bond acceptors (Lipinski definition) is 4. The van der Waals surface area contributed by atoms with E-state index in [1.54, 1.807) is 29.2 Å². The Kier molecular flexibility index (Phi) is 4.46. The average Bonchev–Trinajstić information content (AvgIpc) is 3.21. The summed E-state index contributed by atoms with van der Waals surface area (Å²) in [5.74, 6) is 0.372. The molecule has 3 aromatic rings. The monoisotopic (exact) mass is 310 g/mol. The van der Waals surface area contributed by atoms with Gasteiger partial charge in [-0.3, -0.25) is 9.89 Å². The molecule has 0 fully saturated rings. The maximum absolute atomic E-state index is 12.2. The third-order valence-electron chi connectivity index (χ3n) is 3.42. The second kappa shape index (κ2) is 6.87. The van der Waals surface area contributed by atoms with Crippen molar-refractivity contribution in [2.45, 2.75) is 26.3 Å². The van der Waals surface area contributed by atoms with Crippen LogP contribution in [0.5, 0.6) is 0 Å². The Balaban J connectivity index is 1.62. The van der Waals surface area contributed by atoms with Gasteiger partial charge >= 0.3 is 0 Å². The lowest BCUT2D eigenvalue weighted by Gasteiger charge is -2.04. The number of benzene rings is 1.